The van der Waals surface area contributed by atoms with Crippen molar-refractivity contribution in [3.05, 3.63) is 59.7 Å². The molecule has 2 aromatic carbocycles. The van der Waals surface area contributed by atoms with E-state index >= 15 is 4.39 Å². The SMILES string of the molecule is CS(=O)(=O)NCC1N(C(=O)[C@@H]2C[C@@]2(F)c2ccccc2-c2c(F)cccc2F)CC1(F)F. The molecule has 2 fully saturated rings. The second kappa shape index (κ2) is 7.51. The van der Waals surface area contributed by atoms with Gasteiger partial charge in [0.05, 0.1) is 24.3 Å². The van der Waals surface area contributed by atoms with Gasteiger partial charge in [-0.05, 0) is 23.3 Å². The van der Waals surface area contributed by atoms with Crippen LogP contribution in [0, 0.1) is 17.6 Å². The molecule has 0 radical (unpaired) electrons. The molecule has 5 nitrogen and oxygen atoms in total. The molecule has 0 aromatic heterocycles. The lowest BCUT2D eigenvalue weighted by Crippen LogP contribution is -2.70. The summed E-state index contributed by atoms with van der Waals surface area (Å²) in [5.41, 5.74) is -2.91. The Labute approximate surface area is 181 Å². The number of hydrogen-bond acceptors (Lipinski definition) is 3. The standard InChI is InChI=1S/C21H19F5N2O3S/c1-32(30,31)27-10-17-21(25,26)11-28(17)19(29)14-9-20(14,24)13-6-3-2-5-12(13)18-15(22)7-4-8-16(18)23/h2-8,14,17,27H,9-11H2,1H3/t14-,17?,20+/m0/s1. The Balaban J connectivity index is 1.60. The molecular formula is C21H19F5N2O3S. The van der Waals surface area contributed by atoms with E-state index in [0.29, 0.717) is 0 Å². The van der Waals surface area contributed by atoms with Crippen LogP contribution in [-0.4, -0.2) is 50.5 Å². The Hall–Kier alpha value is -2.53. The molecule has 0 spiro atoms. The lowest BCUT2D eigenvalue weighted by atomic mass is 9.92. The van der Waals surface area contributed by atoms with E-state index in [4.69, 9.17) is 0 Å². The van der Waals surface area contributed by atoms with Gasteiger partial charge in [-0.25, -0.2) is 35.1 Å². The van der Waals surface area contributed by atoms with Gasteiger partial charge in [0, 0.05) is 13.0 Å². The van der Waals surface area contributed by atoms with Crippen LogP contribution in [0.1, 0.15) is 12.0 Å². The summed E-state index contributed by atoms with van der Waals surface area (Å²) < 4.78 is 96.7. The van der Waals surface area contributed by atoms with Gasteiger partial charge in [0.15, 0.2) is 0 Å². The van der Waals surface area contributed by atoms with Gasteiger partial charge in [-0.15, -0.1) is 0 Å². The lowest BCUT2D eigenvalue weighted by Gasteiger charge is -2.47. The monoisotopic (exact) mass is 474 g/mol. The van der Waals surface area contributed by atoms with Gasteiger partial charge < -0.3 is 4.90 Å². The summed E-state index contributed by atoms with van der Waals surface area (Å²) in [6, 6.07) is 7.03. The van der Waals surface area contributed by atoms with E-state index in [1.54, 1.807) is 0 Å². The van der Waals surface area contributed by atoms with Crippen molar-refractivity contribution in [1.82, 2.24) is 9.62 Å². The number of carbonyl (C=O) groups is 1. The minimum absolute atomic E-state index is 0.0647. The Morgan fingerprint density at radius 3 is 2.31 bits per heavy atom. The van der Waals surface area contributed by atoms with Crippen molar-refractivity contribution in [3.8, 4) is 11.1 Å². The molecule has 2 aliphatic rings. The predicted molar refractivity (Wildman–Crippen MR) is 106 cm³/mol. The van der Waals surface area contributed by atoms with E-state index in [9.17, 15) is 30.8 Å². The summed E-state index contributed by atoms with van der Waals surface area (Å²) in [5.74, 6) is -7.36. The molecular weight excluding hydrogens is 455 g/mol. The zero-order valence-electron chi connectivity index (χ0n) is 16.8. The van der Waals surface area contributed by atoms with Gasteiger partial charge in [0.25, 0.3) is 5.92 Å². The number of nitrogens with one attached hydrogen (secondary N) is 1. The van der Waals surface area contributed by atoms with Crippen molar-refractivity contribution in [2.24, 2.45) is 5.92 Å². The predicted octanol–water partition coefficient (Wildman–Crippen LogP) is 3.21. The normalized spacial score (nSPS) is 26.5. The fourth-order valence-electron chi connectivity index (χ4n) is 4.12. The molecule has 1 heterocycles. The number of amides is 1. The van der Waals surface area contributed by atoms with Crippen molar-refractivity contribution < 1.29 is 35.2 Å². The minimum atomic E-state index is -3.78. The molecule has 172 valence electrons. The van der Waals surface area contributed by atoms with Gasteiger partial charge >= 0.3 is 0 Å². The number of halogens is 5. The molecule has 1 saturated heterocycles. The number of rotatable bonds is 6. The number of sulfonamides is 1. The highest BCUT2D eigenvalue weighted by Crippen LogP contribution is 2.59. The van der Waals surface area contributed by atoms with Gasteiger partial charge in [-0.1, -0.05) is 30.3 Å². The summed E-state index contributed by atoms with van der Waals surface area (Å²) >= 11 is 0. The largest absolute Gasteiger partial charge is 0.326 e. The third-order valence-corrected chi connectivity index (χ3v) is 6.56. The van der Waals surface area contributed by atoms with Gasteiger partial charge in [0.1, 0.15) is 23.3 Å². The van der Waals surface area contributed by atoms with Crippen LogP contribution < -0.4 is 4.72 Å². The molecule has 1 saturated carbocycles. The molecule has 1 aliphatic heterocycles. The lowest BCUT2D eigenvalue weighted by molar-refractivity contribution is -0.194. The highest BCUT2D eigenvalue weighted by Gasteiger charge is 2.66. The topological polar surface area (TPSA) is 66.5 Å². The maximum atomic E-state index is 15.8. The Morgan fingerprint density at radius 2 is 1.72 bits per heavy atom. The third kappa shape index (κ3) is 3.88. The maximum absolute atomic E-state index is 15.8. The van der Waals surface area contributed by atoms with Crippen LogP contribution in [0.3, 0.4) is 0 Å². The molecule has 32 heavy (non-hydrogen) atoms. The molecule has 3 atom stereocenters. The number of alkyl halides is 3. The van der Waals surface area contributed by atoms with Crippen LogP contribution in [0.4, 0.5) is 22.0 Å². The van der Waals surface area contributed by atoms with Crippen LogP contribution in [0.15, 0.2) is 42.5 Å². The van der Waals surface area contributed by atoms with Crippen molar-refractivity contribution in [2.75, 3.05) is 19.3 Å². The van der Waals surface area contributed by atoms with E-state index in [1.165, 1.54) is 30.3 Å². The molecule has 1 amide bonds. The first kappa shape index (κ1) is 22.7. The maximum Gasteiger partial charge on any atom is 0.286 e. The highest BCUT2D eigenvalue weighted by atomic mass is 32.2. The average Bonchev–Trinajstić information content (AvgIpc) is 3.38. The third-order valence-electron chi connectivity index (χ3n) is 5.87. The van der Waals surface area contributed by atoms with E-state index in [2.05, 4.69) is 0 Å². The summed E-state index contributed by atoms with van der Waals surface area (Å²) in [4.78, 5) is 13.6. The number of nitrogens with zero attached hydrogens (tertiary/aromatic N) is 1. The van der Waals surface area contributed by atoms with Gasteiger partial charge in [-0.3, -0.25) is 4.79 Å². The zero-order chi connectivity index (χ0) is 23.5. The van der Waals surface area contributed by atoms with Crippen LogP contribution in [0.5, 0.6) is 0 Å². The molecule has 1 unspecified atom stereocenters. The second-order valence-electron chi connectivity index (χ2n) is 8.13. The van der Waals surface area contributed by atoms with E-state index < -0.39 is 69.8 Å². The first-order valence-corrected chi connectivity index (χ1v) is 11.6. The number of benzene rings is 2. The molecule has 11 heteroatoms. The summed E-state index contributed by atoms with van der Waals surface area (Å²) in [7, 11) is -3.78. The number of hydrogen-bond donors (Lipinski definition) is 1. The number of likely N-dealkylation sites (tertiary alicyclic amines) is 1. The summed E-state index contributed by atoms with van der Waals surface area (Å²) in [6.07, 6.45) is 0.454. The van der Waals surface area contributed by atoms with Crippen molar-refractivity contribution in [3.63, 3.8) is 0 Å². The molecule has 0 bridgehead atoms. The summed E-state index contributed by atoms with van der Waals surface area (Å²) in [5, 5.41) is 0. The minimum Gasteiger partial charge on any atom is -0.326 e. The smallest absolute Gasteiger partial charge is 0.286 e. The fraction of sp³-hybridized carbons (Fsp3) is 0.381. The van der Waals surface area contributed by atoms with E-state index in [0.717, 1.165) is 23.3 Å². The van der Waals surface area contributed by atoms with E-state index in [1.807, 2.05) is 4.72 Å². The van der Waals surface area contributed by atoms with Crippen molar-refractivity contribution in [1.29, 1.82) is 0 Å². The Kier molecular flexibility index (Phi) is 5.32. The Morgan fingerprint density at radius 1 is 1.09 bits per heavy atom. The zero-order valence-corrected chi connectivity index (χ0v) is 17.6. The first-order chi connectivity index (χ1) is 14.8. The number of carbonyl (C=O) groups excluding carboxylic acids is 1. The second-order valence-corrected chi connectivity index (χ2v) is 9.96. The van der Waals surface area contributed by atoms with Crippen LogP contribution in [0.25, 0.3) is 11.1 Å². The highest BCUT2D eigenvalue weighted by molar-refractivity contribution is 7.88. The quantitative estimate of drug-likeness (QED) is 0.654. The van der Waals surface area contributed by atoms with Crippen LogP contribution in [-0.2, 0) is 20.5 Å². The molecule has 1 aliphatic carbocycles. The average molecular weight is 474 g/mol. The molecule has 4 rings (SSSR count). The summed E-state index contributed by atoms with van der Waals surface area (Å²) in [6.45, 7) is -1.67. The van der Waals surface area contributed by atoms with Crippen LogP contribution >= 0.6 is 0 Å². The van der Waals surface area contributed by atoms with Crippen molar-refractivity contribution in [2.45, 2.75) is 24.1 Å². The van der Waals surface area contributed by atoms with Gasteiger partial charge in [0.2, 0.25) is 15.9 Å². The van der Waals surface area contributed by atoms with Crippen molar-refractivity contribution >= 4 is 15.9 Å². The molecule has 2 aromatic rings. The first-order valence-electron chi connectivity index (χ1n) is 9.71. The molecule has 1 N–H and O–H groups in total. The Bertz CT molecular complexity index is 1170. The van der Waals surface area contributed by atoms with Gasteiger partial charge in [-0.2, -0.15) is 0 Å². The van der Waals surface area contributed by atoms with Crippen LogP contribution in [0.2, 0.25) is 0 Å². The fourth-order valence-corrected chi connectivity index (χ4v) is 4.58. The van der Waals surface area contributed by atoms with E-state index in [-0.39, 0.29) is 17.5 Å².